The maximum Gasteiger partial charge on any atom is 0.224 e. The van der Waals surface area contributed by atoms with Gasteiger partial charge in [0.25, 0.3) is 0 Å². The van der Waals surface area contributed by atoms with Crippen LogP contribution in [0.3, 0.4) is 0 Å². The molecular formula is C19H20N2O5S. The second kappa shape index (κ2) is 7.79. The molecule has 3 aromatic rings. The minimum Gasteiger partial charge on any atom is -0.461 e. The number of sulfone groups is 1. The van der Waals surface area contributed by atoms with E-state index in [0.717, 1.165) is 5.56 Å². The topological polar surface area (TPSA) is 102 Å². The Morgan fingerprint density at radius 1 is 1.15 bits per heavy atom. The summed E-state index contributed by atoms with van der Waals surface area (Å²) >= 11 is 0. The first-order chi connectivity index (χ1) is 12.9. The monoisotopic (exact) mass is 388 g/mol. The van der Waals surface area contributed by atoms with Crippen LogP contribution in [0.2, 0.25) is 0 Å². The van der Waals surface area contributed by atoms with Gasteiger partial charge in [0, 0.05) is 6.07 Å². The largest absolute Gasteiger partial charge is 0.461 e. The van der Waals surface area contributed by atoms with Gasteiger partial charge in [0.2, 0.25) is 11.7 Å². The lowest BCUT2D eigenvalue weighted by Gasteiger charge is -2.08. The number of benzene rings is 1. The Bertz CT molecular complexity index is 1000. The molecule has 2 heterocycles. The normalized spacial score (nSPS) is 11.7. The zero-order valence-electron chi connectivity index (χ0n) is 15.0. The van der Waals surface area contributed by atoms with Crippen LogP contribution < -0.4 is 5.32 Å². The lowest BCUT2D eigenvalue weighted by atomic mass is 10.1. The van der Waals surface area contributed by atoms with Crippen LogP contribution in [0.15, 0.2) is 62.6 Å². The van der Waals surface area contributed by atoms with E-state index in [1.807, 2.05) is 0 Å². The predicted octanol–water partition coefficient (Wildman–Crippen LogP) is 2.98. The maximum absolute atomic E-state index is 12.1. The van der Waals surface area contributed by atoms with Crippen LogP contribution in [0.1, 0.15) is 25.1 Å². The summed E-state index contributed by atoms with van der Waals surface area (Å²) in [5.41, 5.74) is 1.31. The van der Waals surface area contributed by atoms with Crippen LogP contribution in [-0.4, -0.2) is 24.7 Å². The summed E-state index contributed by atoms with van der Waals surface area (Å²) in [5.74, 6) is 0.861. The highest BCUT2D eigenvalue weighted by Crippen LogP contribution is 2.20. The van der Waals surface area contributed by atoms with E-state index in [2.05, 4.69) is 10.5 Å². The second-order valence-corrected chi connectivity index (χ2v) is 8.86. The van der Waals surface area contributed by atoms with Crippen LogP contribution in [0.25, 0.3) is 11.5 Å². The van der Waals surface area contributed by atoms with Crippen molar-refractivity contribution < 1.29 is 22.2 Å². The van der Waals surface area contributed by atoms with Crippen molar-refractivity contribution in [3.63, 3.8) is 0 Å². The molecule has 0 saturated carbocycles. The van der Waals surface area contributed by atoms with Crippen molar-refractivity contribution in [2.45, 2.75) is 37.0 Å². The van der Waals surface area contributed by atoms with Gasteiger partial charge in [-0.1, -0.05) is 17.3 Å². The van der Waals surface area contributed by atoms with E-state index in [1.165, 1.54) is 18.4 Å². The van der Waals surface area contributed by atoms with Gasteiger partial charge >= 0.3 is 0 Å². The fourth-order valence-corrected chi connectivity index (χ4v) is 3.50. The van der Waals surface area contributed by atoms with Gasteiger partial charge in [-0.25, -0.2) is 8.42 Å². The first-order valence-electron chi connectivity index (χ1n) is 8.45. The third-order valence-electron chi connectivity index (χ3n) is 4.03. The Morgan fingerprint density at radius 2 is 1.89 bits per heavy atom. The summed E-state index contributed by atoms with van der Waals surface area (Å²) in [6.45, 7) is 3.50. The van der Waals surface area contributed by atoms with Crippen molar-refractivity contribution in [3.8, 4) is 11.5 Å². The van der Waals surface area contributed by atoms with Crippen molar-refractivity contribution in [1.82, 2.24) is 10.5 Å². The standard InChI is InChI=1S/C19H20N2O5S/c1-13(2)27(23,24)16-7-5-14(6-8-16)10-19(22)20-12-15-11-18(26-21-15)17-4-3-9-25-17/h3-9,11,13H,10,12H2,1-2H3,(H,20,22). The molecule has 0 fully saturated rings. The highest BCUT2D eigenvalue weighted by Gasteiger charge is 2.19. The number of carbonyl (C=O) groups is 1. The van der Waals surface area contributed by atoms with E-state index in [9.17, 15) is 13.2 Å². The molecule has 0 aliphatic carbocycles. The number of furan rings is 1. The van der Waals surface area contributed by atoms with E-state index in [0.29, 0.717) is 17.2 Å². The molecule has 7 nitrogen and oxygen atoms in total. The number of amides is 1. The second-order valence-electron chi connectivity index (χ2n) is 6.35. The SMILES string of the molecule is CC(C)S(=O)(=O)c1ccc(CC(=O)NCc2cc(-c3ccco3)on2)cc1. The molecule has 27 heavy (non-hydrogen) atoms. The average molecular weight is 388 g/mol. The molecular weight excluding hydrogens is 368 g/mol. The molecule has 0 saturated heterocycles. The zero-order chi connectivity index (χ0) is 19.4. The van der Waals surface area contributed by atoms with Gasteiger partial charge in [-0.2, -0.15) is 0 Å². The molecule has 142 valence electrons. The molecule has 0 spiro atoms. The van der Waals surface area contributed by atoms with E-state index in [-0.39, 0.29) is 23.8 Å². The molecule has 0 aliphatic rings. The molecule has 0 unspecified atom stereocenters. The number of hydrogen-bond donors (Lipinski definition) is 1. The summed E-state index contributed by atoms with van der Waals surface area (Å²) in [5, 5.41) is 6.16. The minimum atomic E-state index is -3.31. The lowest BCUT2D eigenvalue weighted by Crippen LogP contribution is -2.24. The molecule has 1 amide bonds. The summed E-state index contributed by atoms with van der Waals surface area (Å²) in [7, 11) is -3.31. The smallest absolute Gasteiger partial charge is 0.224 e. The molecule has 1 aromatic carbocycles. The van der Waals surface area contributed by atoms with E-state index in [1.54, 1.807) is 44.2 Å². The Kier molecular flexibility index (Phi) is 5.46. The summed E-state index contributed by atoms with van der Waals surface area (Å²) < 4.78 is 34.6. The van der Waals surface area contributed by atoms with Gasteiger partial charge in [0.05, 0.1) is 29.4 Å². The van der Waals surface area contributed by atoms with Crippen molar-refractivity contribution in [2.75, 3.05) is 0 Å². The average Bonchev–Trinajstić information content (AvgIpc) is 3.32. The fourth-order valence-electron chi connectivity index (χ4n) is 2.44. The van der Waals surface area contributed by atoms with Crippen molar-refractivity contribution in [3.05, 3.63) is 60.0 Å². The van der Waals surface area contributed by atoms with Gasteiger partial charge in [-0.05, 0) is 43.7 Å². The third-order valence-corrected chi connectivity index (χ3v) is 6.20. The Morgan fingerprint density at radius 3 is 2.52 bits per heavy atom. The zero-order valence-corrected chi connectivity index (χ0v) is 15.8. The Labute approximate surface area is 157 Å². The van der Waals surface area contributed by atoms with Crippen molar-refractivity contribution in [2.24, 2.45) is 0 Å². The molecule has 1 N–H and O–H groups in total. The first kappa shape index (κ1) is 18.9. The van der Waals surface area contributed by atoms with Gasteiger partial charge in [0.1, 0.15) is 5.69 Å². The van der Waals surface area contributed by atoms with Gasteiger partial charge in [-0.15, -0.1) is 0 Å². The third kappa shape index (κ3) is 4.46. The number of nitrogens with zero attached hydrogens (tertiary/aromatic N) is 1. The molecule has 8 heteroatoms. The van der Waals surface area contributed by atoms with E-state index >= 15 is 0 Å². The van der Waals surface area contributed by atoms with Gasteiger partial charge in [0.15, 0.2) is 15.6 Å². The molecule has 0 atom stereocenters. The number of hydrogen-bond acceptors (Lipinski definition) is 6. The first-order valence-corrected chi connectivity index (χ1v) is 10.00. The highest BCUT2D eigenvalue weighted by molar-refractivity contribution is 7.92. The maximum atomic E-state index is 12.1. The number of nitrogens with one attached hydrogen (secondary N) is 1. The molecule has 0 radical (unpaired) electrons. The summed E-state index contributed by atoms with van der Waals surface area (Å²) in [4.78, 5) is 12.4. The summed E-state index contributed by atoms with van der Waals surface area (Å²) in [6.07, 6.45) is 1.68. The fraction of sp³-hybridized carbons (Fsp3) is 0.263. The molecule has 0 bridgehead atoms. The van der Waals surface area contributed by atoms with Crippen molar-refractivity contribution >= 4 is 15.7 Å². The van der Waals surface area contributed by atoms with E-state index in [4.69, 9.17) is 8.94 Å². The predicted molar refractivity (Wildman–Crippen MR) is 98.5 cm³/mol. The quantitative estimate of drug-likeness (QED) is 0.667. The van der Waals surface area contributed by atoms with Gasteiger partial charge in [-0.3, -0.25) is 4.79 Å². The van der Waals surface area contributed by atoms with E-state index < -0.39 is 15.1 Å². The van der Waals surface area contributed by atoms with Crippen LogP contribution in [0.5, 0.6) is 0 Å². The number of carbonyl (C=O) groups excluding carboxylic acids is 1. The van der Waals surface area contributed by atoms with Crippen LogP contribution in [0, 0.1) is 0 Å². The highest BCUT2D eigenvalue weighted by atomic mass is 32.2. The molecule has 0 aliphatic heterocycles. The molecule has 2 aromatic heterocycles. The number of aromatic nitrogens is 1. The minimum absolute atomic E-state index is 0.144. The Hall–Kier alpha value is -2.87. The van der Waals surface area contributed by atoms with Crippen LogP contribution in [0.4, 0.5) is 0 Å². The molecule has 3 rings (SSSR count). The van der Waals surface area contributed by atoms with Gasteiger partial charge < -0.3 is 14.3 Å². The number of rotatable bonds is 7. The van der Waals surface area contributed by atoms with Crippen LogP contribution >= 0.6 is 0 Å². The Balaban J connectivity index is 1.55. The lowest BCUT2D eigenvalue weighted by molar-refractivity contribution is -0.120. The van der Waals surface area contributed by atoms with Crippen LogP contribution in [-0.2, 0) is 27.6 Å². The summed E-state index contributed by atoms with van der Waals surface area (Å²) in [6, 6.07) is 11.6. The van der Waals surface area contributed by atoms with Crippen molar-refractivity contribution in [1.29, 1.82) is 0 Å².